The first-order chi connectivity index (χ1) is 16.5. The summed E-state index contributed by atoms with van der Waals surface area (Å²) in [6.07, 6.45) is 1.98. The van der Waals surface area contributed by atoms with Crippen molar-refractivity contribution < 1.29 is 14.4 Å². The number of rotatable bonds is 11. The lowest BCUT2D eigenvalue weighted by Gasteiger charge is -2.10. The highest BCUT2D eigenvalue weighted by molar-refractivity contribution is 5.96. The van der Waals surface area contributed by atoms with E-state index in [-0.39, 0.29) is 24.3 Å². The molecule has 3 rings (SSSR count). The van der Waals surface area contributed by atoms with E-state index in [0.29, 0.717) is 36.3 Å². The fraction of sp³-hybridized carbons (Fsp3) is 0.222. The quantitative estimate of drug-likeness (QED) is 0.341. The fourth-order valence-corrected chi connectivity index (χ4v) is 3.23. The molecular formula is C27H30N4O3. The maximum atomic E-state index is 12.2. The first-order valence-corrected chi connectivity index (χ1v) is 11.4. The third-order valence-corrected chi connectivity index (χ3v) is 5.07. The molecule has 176 valence electrons. The monoisotopic (exact) mass is 458 g/mol. The average molecular weight is 459 g/mol. The minimum Gasteiger partial charge on any atom is -0.376 e. The van der Waals surface area contributed by atoms with Crippen molar-refractivity contribution in [1.82, 2.24) is 5.32 Å². The van der Waals surface area contributed by atoms with Gasteiger partial charge in [0.2, 0.25) is 11.8 Å². The Balaban J connectivity index is 1.40. The topological polar surface area (TPSA) is 99.3 Å². The smallest absolute Gasteiger partial charge is 0.251 e. The van der Waals surface area contributed by atoms with Gasteiger partial charge in [-0.25, -0.2) is 0 Å². The highest BCUT2D eigenvalue weighted by Gasteiger charge is 2.07. The van der Waals surface area contributed by atoms with Gasteiger partial charge in [-0.1, -0.05) is 37.3 Å². The third-order valence-electron chi connectivity index (χ3n) is 5.07. The molecule has 0 spiro atoms. The van der Waals surface area contributed by atoms with E-state index in [1.54, 1.807) is 36.4 Å². The number of carbonyl (C=O) groups excluding carboxylic acids is 3. The number of hydrogen-bond donors (Lipinski definition) is 4. The summed E-state index contributed by atoms with van der Waals surface area (Å²) in [5.41, 5.74) is 3.77. The van der Waals surface area contributed by atoms with Crippen LogP contribution in [0.3, 0.4) is 0 Å². The number of aryl methyl sites for hydroxylation is 1. The van der Waals surface area contributed by atoms with Crippen LogP contribution in [-0.4, -0.2) is 30.8 Å². The van der Waals surface area contributed by atoms with Crippen LogP contribution in [0.5, 0.6) is 0 Å². The molecule has 3 aromatic carbocycles. The molecule has 34 heavy (non-hydrogen) atoms. The van der Waals surface area contributed by atoms with Gasteiger partial charge in [-0.3, -0.25) is 14.4 Å². The minimum atomic E-state index is -0.207. The van der Waals surface area contributed by atoms with Crippen LogP contribution in [0.25, 0.3) is 0 Å². The van der Waals surface area contributed by atoms with E-state index in [1.807, 2.05) is 49.4 Å². The summed E-state index contributed by atoms with van der Waals surface area (Å²) in [4.78, 5) is 36.3. The third kappa shape index (κ3) is 8.09. The molecule has 0 aliphatic heterocycles. The second-order valence-electron chi connectivity index (χ2n) is 7.85. The van der Waals surface area contributed by atoms with E-state index in [1.165, 1.54) is 0 Å². The molecular weight excluding hydrogens is 428 g/mol. The molecule has 0 radical (unpaired) electrons. The van der Waals surface area contributed by atoms with Gasteiger partial charge in [0.15, 0.2) is 0 Å². The van der Waals surface area contributed by atoms with Crippen LogP contribution < -0.4 is 21.3 Å². The van der Waals surface area contributed by atoms with Gasteiger partial charge in [0.25, 0.3) is 5.91 Å². The highest BCUT2D eigenvalue weighted by atomic mass is 16.2. The number of amides is 3. The van der Waals surface area contributed by atoms with E-state index in [9.17, 15) is 14.4 Å². The van der Waals surface area contributed by atoms with Crippen LogP contribution in [0.1, 0.15) is 35.7 Å². The summed E-state index contributed by atoms with van der Waals surface area (Å²) in [7, 11) is 0. The maximum Gasteiger partial charge on any atom is 0.251 e. The molecule has 0 aliphatic rings. The van der Waals surface area contributed by atoms with Crippen LogP contribution in [0.15, 0.2) is 78.9 Å². The number of benzene rings is 3. The Hall–Kier alpha value is -4.13. The van der Waals surface area contributed by atoms with Gasteiger partial charge in [-0.2, -0.15) is 0 Å². The fourth-order valence-electron chi connectivity index (χ4n) is 3.23. The Kier molecular flexibility index (Phi) is 9.22. The van der Waals surface area contributed by atoms with E-state index in [4.69, 9.17) is 0 Å². The average Bonchev–Trinajstić information content (AvgIpc) is 2.86. The van der Waals surface area contributed by atoms with E-state index >= 15 is 0 Å². The number of anilines is 3. The first kappa shape index (κ1) is 24.5. The summed E-state index contributed by atoms with van der Waals surface area (Å²) in [6, 6.07) is 23.9. The Bertz CT molecular complexity index is 1080. The summed E-state index contributed by atoms with van der Waals surface area (Å²) in [5, 5.41) is 11.6. The Morgan fingerprint density at radius 3 is 1.94 bits per heavy atom. The van der Waals surface area contributed by atoms with Crippen molar-refractivity contribution in [2.75, 3.05) is 29.0 Å². The van der Waals surface area contributed by atoms with E-state index in [0.717, 1.165) is 17.7 Å². The van der Waals surface area contributed by atoms with Crippen LogP contribution >= 0.6 is 0 Å². The normalized spacial score (nSPS) is 10.3. The van der Waals surface area contributed by atoms with E-state index < -0.39 is 0 Å². The Morgan fingerprint density at radius 2 is 1.29 bits per heavy atom. The molecule has 7 heteroatoms. The lowest BCUT2D eigenvalue weighted by atomic mass is 10.1. The molecule has 0 atom stereocenters. The minimum absolute atomic E-state index is 0.0437. The summed E-state index contributed by atoms with van der Waals surface area (Å²) in [6.45, 7) is 2.71. The second kappa shape index (κ2) is 12.8. The number of carbonyl (C=O) groups is 3. The van der Waals surface area contributed by atoms with Crippen molar-refractivity contribution in [3.63, 3.8) is 0 Å². The van der Waals surface area contributed by atoms with Crippen molar-refractivity contribution in [1.29, 1.82) is 0 Å². The molecule has 0 fully saturated rings. The molecule has 3 amide bonds. The SMILES string of the molecule is CCCNC(=O)c1ccc(NC(=O)CNc2ccc(NC(=O)CCc3ccccc3)cc2)cc1. The zero-order valence-corrected chi connectivity index (χ0v) is 19.3. The van der Waals surface area contributed by atoms with E-state index in [2.05, 4.69) is 21.3 Å². The van der Waals surface area contributed by atoms with Gasteiger partial charge in [0.1, 0.15) is 0 Å². The second-order valence-corrected chi connectivity index (χ2v) is 7.85. The zero-order valence-electron chi connectivity index (χ0n) is 19.3. The largest absolute Gasteiger partial charge is 0.376 e. The molecule has 0 bridgehead atoms. The lowest BCUT2D eigenvalue weighted by Crippen LogP contribution is -2.24. The molecule has 0 heterocycles. The Morgan fingerprint density at radius 1 is 0.706 bits per heavy atom. The summed E-state index contributed by atoms with van der Waals surface area (Å²) >= 11 is 0. The van der Waals surface area contributed by atoms with Crippen LogP contribution in [0, 0.1) is 0 Å². The van der Waals surface area contributed by atoms with Crippen LogP contribution in [-0.2, 0) is 16.0 Å². The highest BCUT2D eigenvalue weighted by Crippen LogP contribution is 2.15. The standard InChI is InChI=1S/C27H30N4O3/c1-2-18-28-27(34)21-9-11-23(12-10-21)31-26(33)19-29-22-13-15-24(16-14-22)30-25(32)17-8-20-6-4-3-5-7-20/h3-7,9-16,29H,2,8,17-19H2,1H3,(H,28,34)(H,30,32)(H,31,33). The van der Waals surface area contributed by atoms with Crippen molar-refractivity contribution >= 4 is 34.8 Å². The lowest BCUT2D eigenvalue weighted by molar-refractivity contribution is -0.116. The van der Waals surface area contributed by atoms with Gasteiger partial charge in [-0.05, 0) is 66.9 Å². The van der Waals surface area contributed by atoms with Gasteiger partial charge in [0, 0.05) is 35.6 Å². The van der Waals surface area contributed by atoms with Gasteiger partial charge >= 0.3 is 0 Å². The molecule has 4 N–H and O–H groups in total. The van der Waals surface area contributed by atoms with Crippen molar-refractivity contribution in [2.24, 2.45) is 0 Å². The van der Waals surface area contributed by atoms with Crippen LogP contribution in [0.4, 0.5) is 17.1 Å². The van der Waals surface area contributed by atoms with Gasteiger partial charge in [-0.15, -0.1) is 0 Å². The zero-order chi connectivity index (χ0) is 24.2. The molecule has 0 unspecified atom stereocenters. The molecule has 7 nitrogen and oxygen atoms in total. The van der Waals surface area contributed by atoms with Crippen molar-refractivity contribution in [3.8, 4) is 0 Å². The van der Waals surface area contributed by atoms with Crippen molar-refractivity contribution in [2.45, 2.75) is 26.2 Å². The maximum absolute atomic E-state index is 12.2. The molecule has 0 saturated carbocycles. The predicted octanol–water partition coefficient (Wildman–Crippen LogP) is 4.45. The molecule has 0 aromatic heterocycles. The summed E-state index contributed by atoms with van der Waals surface area (Å²) in [5.74, 6) is -0.378. The summed E-state index contributed by atoms with van der Waals surface area (Å²) < 4.78 is 0. The Labute approximate surface area is 200 Å². The number of hydrogen-bond acceptors (Lipinski definition) is 4. The molecule has 3 aromatic rings. The molecule has 0 aliphatic carbocycles. The van der Waals surface area contributed by atoms with Gasteiger partial charge in [0.05, 0.1) is 6.54 Å². The van der Waals surface area contributed by atoms with Crippen LogP contribution in [0.2, 0.25) is 0 Å². The number of nitrogens with one attached hydrogen (secondary N) is 4. The van der Waals surface area contributed by atoms with Crippen molar-refractivity contribution in [3.05, 3.63) is 90.0 Å². The first-order valence-electron chi connectivity index (χ1n) is 11.4. The predicted molar refractivity (Wildman–Crippen MR) is 136 cm³/mol. The van der Waals surface area contributed by atoms with Gasteiger partial charge < -0.3 is 21.3 Å². The molecule has 0 saturated heterocycles.